The number of carbonyl (C=O) groups excluding carboxylic acids is 1. The Morgan fingerprint density at radius 3 is 2.36 bits per heavy atom. The minimum absolute atomic E-state index is 0.0813. The number of amides is 1. The van der Waals surface area contributed by atoms with Crippen molar-refractivity contribution < 1.29 is 17.9 Å². The monoisotopic (exact) mass is 408 g/mol. The number of hydrogen-bond donors (Lipinski definition) is 0. The number of ether oxygens (including phenoxy) is 1. The first-order chi connectivity index (χ1) is 13.3. The molecule has 1 aromatic carbocycles. The SMILES string of the molecule is CCN(CC1CCCO1)C(=O)c1ccc(S(=O)(=O)N2CC(C)CC(C)C2)cc1. The molecule has 2 fully saturated rings. The van der Waals surface area contributed by atoms with E-state index in [1.54, 1.807) is 33.5 Å². The molecule has 0 spiro atoms. The fourth-order valence-corrected chi connectivity index (χ4v) is 5.97. The summed E-state index contributed by atoms with van der Waals surface area (Å²) in [5.41, 5.74) is 0.513. The van der Waals surface area contributed by atoms with Crippen molar-refractivity contribution in [3.8, 4) is 0 Å². The molecule has 2 heterocycles. The Kier molecular flexibility index (Phi) is 6.78. The summed E-state index contributed by atoms with van der Waals surface area (Å²) in [7, 11) is -3.53. The highest BCUT2D eigenvalue weighted by Gasteiger charge is 2.32. The van der Waals surface area contributed by atoms with Gasteiger partial charge in [-0.25, -0.2) is 8.42 Å². The highest BCUT2D eigenvalue weighted by atomic mass is 32.2. The van der Waals surface area contributed by atoms with Gasteiger partial charge < -0.3 is 9.64 Å². The fourth-order valence-electron chi connectivity index (χ4n) is 4.29. The molecule has 2 aliphatic rings. The molecule has 3 unspecified atom stereocenters. The molecular formula is C21H32N2O4S. The van der Waals surface area contributed by atoms with Crippen molar-refractivity contribution in [2.24, 2.45) is 11.8 Å². The number of rotatable bonds is 6. The Labute approximate surface area is 168 Å². The quantitative estimate of drug-likeness (QED) is 0.726. The number of piperidine rings is 1. The molecule has 1 aromatic rings. The van der Waals surface area contributed by atoms with E-state index in [4.69, 9.17) is 4.74 Å². The Balaban J connectivity index is 1.72. The molecule has 7 heteroatoms. The van der Waals surface area contributed by atoms with Crippen LogP contribution >= 0.6 is 0 Å². The topological polar surface area (TPSA) is 66.9 Å². The lowest BCUT2D eigenvalue weighted by molar-refractivity contribution is 0.0539. The highest BCUT2D eigenvalue weighted by molar-refractivity contribution is 7.89. The summed E-state index contributed by atoms with van der Waals surface area (Å²) in [6, 6.07) is 6.38. The van der Waals surface area contributed by atoms with Gasteiger partial charge in [0.25, 0.3) is 5.91 Å². The third-order valence-corrected chi connectivity index (χ3v) is 7.54. The van der Waals surface area contributed by atoms with E-state index in [0.29, 0.717) is 43.6 Å². The first-order valence-corrected chi connectivity index (χ1v) is 11.8. The second-order valence-corrected chi connectivity index (χ2v) is 10.2. The average Bonchev–Trinajstić information content (AvgIpc) is 3.18. The number of nitrogens with zero attached hydrogens (tertiary/aromatic N) is 2. The van der Waals surface area contributed by atoms with Gasteiger partial charge in [0, 0.05) is 38.3 Å². The van der Waals surface area contributed by atoms with E-state index in [2.05, 4.69) is 13.8 Å². The van der Waals surface area contributed by atoms with Gasteiger partial charge in [-0.15, -0.1) is 0 Å². The molecule has 0 saturated carbocycles. The first-order valence-electron chi connectivity index (χ1n) is 10.3. The molecule has 156 valence electrons. The summed E-state index contributed by atoms with van der Waals surface area (Å²) in [5.74, 6) is 0.632. The number of likely N-dealkylation sites (N-methyl/N-ethyl adjacent to an activating group) is 1. The van der Waals surface area contributed by atoms with Gasteiger partial charge >= 0.3 is 0 Å². The smallest absolute Gasteiger partial charge is 0.253 e. The van der Waals surface area contributed by atoms with Crippen molar-refractivity contribution in [1.82, 2.24) is 9.21 Å². The van der Waals surface area contributed by atoms with Gasteiger partial charge in [-0.1, -0.05) is 13.8 Å². The van der Waals surface area contributed by atoms with Crippen molar-refractivity contribution in [1.29, 1.82) is 0 Å². The molecule has 3 rings (SSSR count). The van der Waals surface area contributed by atoms with E-state index in [-0.39, 0.29) is 16.9 Å². The molecule has 0 N–H and O–H groups in total. The van der Waals surface area contributed by atoms with Crippen molar-refractivity contribution in [3.63, 3.8) is 0 Å². The van der Waals surface area contributed by atoms with Crippen LogP contribution in [-0.4, -0.2) is 62.4 Å². The lowest BCUT2D eigenvalue weighted by atomic mass is 9.94. The number of sulfonamides is 1. The summed E-state index contributed by atoms with van der Waals surface area (Å²) in [4.78, 5) is 14.9. The molecule has 0 radical (unpaired) electrons. The predicted octanol–water partition coefficient (Wildman–Crippen LogP) is 2.99. The van der Waals surface area contributed by atoms with Gasteiger partial charge in [0.15, 0.2) is 0 Å². The Bertz CT molecular complexity index is 762. The fraction of sp³-hybridized carbons (Fsp3) is 0.667. The van der Waals surface area contributed by atoms with Crippen LogP contribution in [0.2, 0.25) is 0 Å². The molecular weight excluding hydrogens is 376 g/mol. The summed E-state index contributed by atoms with van der Waals surface area (Å²) in [6.07, 6.45) is 3.17. The van der Waals surface area contributed by atoms with Crippen LogP contribution in [0.1, 0.15) is 50.4 Å². The Morgan fingerprint density at radius 1 is 1.18 bits per heavy atom. The predicted molar refractivity (Wildman–Crippen MR) is 109 cm³/mol. The van der Waals surface area contributed by atoms with Crippen LogP contribution in [-0.2, 0) is 14.8 Å². The summed E-state index contributed by atoms with van der Waals surface area (Å²) >= 11 is 0. The third kappa shape index (κ3) is 4.75. The van der Waals surface area contributed by atoms with E-state index in [9.17, 15) is 13.2 Å². The normalized spacial score (nSPS) is 26.3. The molecule has 6 nitrogen and oxygen atoms in total. The van der Waals surface area contributed by atoms with Gasteiger partial charge in [0.2, 0.25) is 10.0 Å². The third-order valence-electron chi connectivity index (χ3n) is 5.69. The second-order valence-electron chi connectivity index (χ2n) is 8.27. The van der Waals surface area contributed by atoms with Crippen molar-refractivity contribution in [2.45, 2.75) is 51.0 Å². The van der Waals surface area contributed by atoms with Crippen LogP contribution in [0.4, 0.5) is 0 Å². The molecule has 2 aliphatic heterocycles. The summed E-state index contributed by atoms with van der Waals surface area (Å²) in [5, 5.41) is 0. The van der Waals surface area contributed by atoms with Crippen molar-refractivity contribution in [3.05, 3.63) is 29.8 Å². The number of benzene rings is 1. The van der Waals surface area contributed by atoms with Gasteiger partial charge in [0.05, 0.1) is 11.0 Å². The van der Waals surface area contributed by atoms with Crippen molar-refractivity contribution in [2.75, 3.05) is 32.8 Å². The standard InChI is InChI=1S/C21H32N2O4S/c1-4-22(15-19-6-5-11-27-19)21(24)18-7-9-20(10-8-18)28(25,26)23-13-16(2)12-17(3)14-23/h7-10,16-17,19H,4-6,11-15H2,1-3H3. The zero-order chi connectivity index (χ0) is 20.3. The van der Waals surface area contributed by atoms with Gasteiger partial charge in [-0.3, -0.25) is 4.79 Å². The van der Waals surface area contributed by atoms with E-state index < -0.39 is 10.0 Å². The maximum atomic E-state index is 13.0. The lowest BCUT2D eigenvalue weighted by Crippen LogP contribution is -2.42. The van der Waals surface area contributed by atoms with E-state index in [1.807, 2.05) is 6.92 Å². The van der Waals surface area contributed by atoms with Crippen LogP contribution in [0, 0.1) is 11.8 Å². The largest absolute Gasteiger partial charge is 0.376 e. The Morgan fingerprint density at radius 2 is 1.82 bits per heavy atom. The van der Waals surface area contributed by atoms with Gasteiger partial charge in [-0.2, -0.15) is 4.31 Å². The van der Waals surface area contributed by atoms with Crippen molar-refractivity contribution >= 4 is 15.9 Å². The van der Waals surface area contributed by atoms with Crippen LogP contribution in [0.5, 0.6) is 0 Å². The van der Waals surface area contributed by atoms with Crippen LogP contribution in [0.3, 0.4) is 0 Å². The van der Waals surface area contributed by atoms with E-state index in [0.717, 1.165) is 25.9 Å². The lowest BCUT2D eigenvalue weighted by Gasteiger charge is -2.34. The zero-order valence-electron chi connectivity index (χ0n) is 17.1. The molecule has 0 aliphatic carbocycles. The van der Waals surface area contributed by atoms with Gasteiger partial charge in [-0.05, 0) is 62.3 Å². The summed E-state index contributed by atoms with van der Waals surface area (Å²) < 4.78 is 33.2. The minimum Gasteiger partial charge on any atom is -0.376 e. The molecule has 28 heavy (non-hydrogen) atoms. The molecule has 0 bridgehead atoms. The molecule has 0 aromatic heterocycles. The number of hydrogen-bond acceptors (Lipinski definition) is 4. The zero-order valence-corrected chi connectivity index (χ0v) is 18.0. The van der Waals surface area contributed by atoms with E-state index in [1.165, 1.54) is 0 Å². The van der Waals surface area contributed by atoms with Crippen LogP contribution in [0.15, 0.2) is 29.2 Å². The van der Waals surface area contributed by atoms with Crippen LogP contribution in [0.25, 0.3) is 0 Å². The molecule has 1 amide bonds. The molecule has 2 saturated heterocycles. The maximum absolute atomic E-state index is 13.0. The first kappa shape index (κ1) is 21.3. The number of carbonyl (C=O) groups is 1. The van der Waals surface area contributed by atoms with Crippen LogP contribution < -0.4 is 0 Å². The van der Waals surface area contributed by atoms with E-state index >= 15 is 0 Å². The second kappa shape index (κ2) is 8.93. The summed E-state index contributed by atoms with van der Waals surface area (Å²) in [6.45, 7) is 9.18. The Hall–Kier alpha value is -1.44. The maximum Gasteiger partial charge on any atom is 0.253 e. The highest BCUT2D eigenvalue weighted by Crippen LogP contribution is 2.27. The average molecular weight is 409 g/mol. The molecule has 3 atom stereocenters. The minimum atomic E-state index is -3.53. The van der Waals surface area contributed by atoms with Gasteiger partial charge in [0.1, 0.15) is 0 Å².